The standard InChI is InChI=1S/C19H18O9/c1-4-25-14(20)8-11-15(18(21)23-2)17(19(22)24-3)28-16(11)10-5-6-12-13(7-10)27-9-26-12/h5-7H,4,8-9H2,1-3H3. The Hall–Kier alpha value is -3.49. The third kappa shape index (κ3) is 3.51. The van der Waals surface area contributed by atoms with Gasteiger partial charge in [0.05, 0.1) is 27.2 Å². The van der Waals surface area contributed by atoms with Gasteiger partial charge in [-0.1, -0.05) is 0 Å². The molecule has 3 rings (SSSR count). The molecule has 2 aromatic rings. The van der Waals surface area contributed by atoms with Crippen molar-refractivity contribution in [3.63, 3.8) is 0 Å². The number of esters is 3. The van der Waals surface area contributed by atoms with Crippen LogP contribution in [0, 0.1) is 0 Å². The second-order valence-electron chi connectivity index (χ2n) is 5.65. The molecule has 0 saturated carbocycles. The zero-order valence-electron chi connectivity index (χ0n) is 15.5. The number of furan rings is 1. The topological polar surface area (TPSA) is 111 Å². The van der Waals surface area contributed by atoms with Crippen molar-refractivity contribution in [1.82, 2.24) is 0 Å². The second-order valence-corrected chi connectivity index (χ2v) is 5.65. The van der Waals surface area contributed by atoms with E-state index in [1.807, 2.05) is 0 Å². The van der Waals surface area contributed by atoms with Gasteiger partial charge in [0.15, 0.2) is 11.5 Å². The Morgan fingerprint density at radius 2 is 1.75 bits per heavy atom. The molecule has 9 nitrogen and oxygen atoms in total. The molecule has 0 saturated heterocycles. The van der Waals surface area contributed by atoms with Gasteiger partial charge in [-0.3, -0.25) is 4.79 Å². The predicted octanol–water partition coefficient (Wildman–Crippen LogP) is 2.35. The predicted molar refractivity (Wildman–Crippen MR) is 93.3 cm³/mol. The first-order chi connectivity index (χ1) is 13.5. The number of methoxy groups -OCH3 is 2. The van der Waals surface area contributed by atoms with Crippen LogP contribution in [0.15, 0.2) is 22.6 Å². The average molecular weight is 390 g/mol. The third-order valence-corrected chi connectivity index (χ3v) is 4.03. The quantitative estimate of drug-likeness (QED) is 0.542. The van der Waals surface area contributed by atoms with Gasteiger partial charge in [0, 0.05) is 11.1 Å². The molecule has 0 atom stereocenters. The molecular weight excluding hydrogens is 372 g/mol. The van der Waals surface area contributed by atoms with E-state index in [2.05, 4.69) is 0 Å². The molecule has 1 aromatic carbocycles. The maximum atomic E-state index is 12.4. The zero-order valence-corrected chi connectivity index (χ0v) is 15.5. The van der Waals surface area contributed by atoms with E-state index in [4.69, 9.17) is 28.1 Å². The smallest absolute Gasteiger partial charge is 0.374 e. The zero-order chi connectivity index (χ0) is 20.3. The third-order valence-electron chi connectivity index (χ3n) is 4.03. The number of hydrogen-bond acceptors (Lipinski definition) is 9. The van der Waals surface area contributed by atoms with Crippen molar-refractivity contribution in [1.29, 1.82) is 0 Å². The lowest BCUT2D eigenvalue weighted by atomic mass is 10.0. The van der Waals surface area contributed by atoms with Crippen LogP contribution in [0.5, 0.6) is 11.5 Å². The maximum absolute atomic E-state index is 12.4. The molecule has 1 aliphatic rings. The highest BCUT2D eigenvalue weighted by Crippen LogP contribution is 2.39. The molecule has 1 aliphatic heterocycles. The summed E-state index contributed by atoms with van der Waals surface area (Å²) in [5.41, 5.74) is 0.448. The van der Waals surface area contributed by atoms with Gasteiger partial charge in [0.2, 0.25) is 12.6 Å². The summed E-state index contributed by atoms with van der Waals surface area (Å²) >= 11 is 0. The van der Waals surface area contributed by atoms with Gasteiger partial charge in [0.25, 0.3) is 0 Å². The van der Waals surface area contributed by atoms with Crippen LogP contribution in [0.2, 0.25) is 0 Å². The summed E-state index contributed by atoms with van der Waals surface area (Å²) in [5.74, 6) is -1.52. The van der Waals surface area contributed by atoms with Crippen LogP contribution in [0.3, 0.4) is 0 Å². The number of benzene rings is 1. The van der Waals surface area contributed by atoms with E-state index in [-0.39, 0.29) is 42.5 Å². The van der Waals surface area contributed by atoms with E-state index in [0.717, 1.165) is 14.2 Å². The molecule has 28 heavy (non-hydrogen) atoms. The molecule has 0 bridgehead atoms. The lowest BCUT2D eigenvalue weighted by molar-refractivity contribution is -0.142. The highest BCUT2D eigenvalue weighted by molar-refractivity contribution is 6.05. The van der Waals surface area contributed by atoms with Gasteiger partial charge in [-0.2, -0.15) is 0 Å². The van der Waals surface area contributed by atoms with Gasteiger partial charge < -0.3 is 28.1 Å². The van der Waals surface area contributed by atoms with Crippen molar-refractivity contribution in [2.75, 3.05) is 27.6 Å². The van der Waals surface area contributed by atoms with Crippen molar-refractivity contribution in [2.45, 2.75) is 13.3 Å². The molecular formula is C19H18O9. The summed E-state index contributed by atoms with van der Waals surface area (Å²) in [6.45, 7) is 1.90. The molecule has 0 radical (unpaired) electrons. The van der Waals surface area contributed by atoms with Crippen molar-refractivity contribution >= 4 is 17.9 Å². The minimum absolute atomic E-state index is 0.0768. The molecule has 0 amide bonds. The van der Waals surface area contributed by atoms with Crippen molar-refractivity contribution < 1.29 is 42.5 Å². The number of carbonyl (C=O) groups is 3. The van der Waals surface area contributed by atoms with E-state index < -0.39 is 17.9 Å². The Balaban J connectivity index is 2.19. The number of rotatable bonds is 6. The second kappa shape index (κ2) is 8.03. The van der Waals surface area contributed by atoms with Crippen LogP contribution < -0.4 is 9.47 Å². The van der Waals surface area contributed by atoms with Crippen LogP contribution in [0.4, 0.5) is 0 Å². The summed E-state index contributed by atoms with van der Waals surface area (Å²) in [7, 11) is 2.31. The van der Waals surface area contributed by atoms with Crippen LogP contribution in [-0.4, -0.2) is 45.5 Å². The first kappa shape index (κ1) is 19.3. The summed E-state index contributed by atoms with van der Waals surface area (Å²) in [5, 5.41) is 0. The monoisotopic (exact) mass is 390 g/mol. The highest BCUT2D eigenvalue weighted by Gasteiger charge is 2.33. The van der Waals surface area contributed by atoms with Crippen molar-refractivity contribution in [3.8, 4) is 22.8 Å². The molecule has 0 spiro atoms. The lowest BCUT2D eigenvalue weighted by Crippen LogP contribution is -2.14. The largest absolute Gasteiger partial charge is 0.466 e. The summed E-state index contributed by atoms with van der Waals surface area (Å²) in [6, 6.07) is 4.94. The molecule has 2 heterocycles. The Kier molecular flexibility index (Phi) is 5.53. The fraction of sp³-hybridized carbons (Fsp3) is 0.316. The molecule has 9 heteroatoms. The van der Waals surface area contributed by atoms with E-state index in [1.165, 1.54) is 0 Å². The average Bonchev–Trinajstić information content (AvgIpc) is 3.31. The number of hydrogen-bond donors (Lipinski definition) is 0. The molecule has 0 aliphatic carbocycles. The molecule has 1 aromatic heterocycles. The van der Waals surface area contributed by atoms with E-state index in [9.17, 15) is 14.4 Å². The number of fused-ring (bicyclic) bond motifs is 1. The lowest BCUT2D eigenvalue weighted by Gasteiger charge is -2.06. The Bertz CT molecular complexity index is 926. The fourth-order valence-electron chi connectivity index (χ4n) is 2.82. The maximum Gasteiger partial charge on any atom is 0.374 e. The minimum Gasteiger partial charge on any atom is -0.466 e. The first-order valence-electron chi connectivity index (χ1n) is 8.38. The SMILES string of the molecule is CCOC(=O)Cc1c(-c2ccc3c(c2)OCO3)oc(C(=O)OC)c1C(=O)OC. The van der Waals surface area contributed by atoms with Crippen LogP contribution in [0.1, 0.15) is 33.4 Å². The number of ether oxygens (including phenoxy) is 5. The van der Waals surface area contributed by atoms with Crippen molar-refractivity contribution in [3.05, 3.63) is 35.1 Å². The first-order valence-corrected chi connectivity index (χ1v) is 8.38. The van der Waals surface area contributed by atoms with Crippen LogP contribution >= 0.6 is 0 Å². The van der Waals surface area contributed by atoms with Crippen molar-refractivity contribution in [2.24, 2.45) is 0 Å². The van der Waals surface area contributed by atoms with E-state index in [0.29, 0.717) is 17.1 Å². The molecule has 0 N–H and O–H groups in total. The van der Waals surface area contributed by atoms with Gasteiger partial charge in [-0.15, -0.1) is 0 Å². The van der Waals surface area contributed by atoms with Crippen LogP contribution in [-0.2, 0) is 25.4 Å². The Morgan fingerprint density at radius 3 is 2.43 bits per heavy atom. The highest BCUT2D eigenvalue weighted by atomic mass is 16.7. The number of carbonyl (C=O) groups excluding carboxylic acids is 3. The molecule has 0 fully saturated rings. The van der Waals surface area contributed by atoms with Gasteiger partial charge in [-0.05, 0) is 25.1 Å². The normalized spacial score (nSPS) is 11.8. The molecule has 0 unspecified atom stereocenters. The van der Waals surface area contributed by atoms with Gasteiger partial charge >= 0.3 is 17.9 Å². The Morgan fingerprint density at radius 1 is 1.04 bits per heavy atom. The van der Waals surface area contributed by atoms with Crippen LogP contribution in [0.25, 0.3) is 11.3 Å². The summed E-state index contributed by atoms with van der Waals surface area (Å²) < 4.78 is 30.8. The molecule has 148 valence electrons. The summed E-state index contributed by atoms with van der Waals surface area (Å²) in [6.07, 6.45) is -0.303. The minimum atomic E-state index is -0.877. The van der Waals surface area contributed by atoms with Gasteiger partial charge in [-0.25, -0.2) is 9.59 Å². The van der Waals surface area contributed by atoms with Gasteiger partial charge in [0.1, 0.15) is 11.3 Å². The Labute approximate surface area is 160 Å². The fourth-order valence-corrected chi connectivity index (χ4v) is 2.82. The summed E-state index contributed by atoms with van der Waals surface area (Å²) in [4.78, 5) is 36.6. The van der Waals surface area contributed by atoms with E-state index >= 15 is 0 Å². The van der Waals surface area contributed by atoms with E-state index in [1.54, 1.807) is 25.1 Å².